The summed E-state index contributed by atoms with van der Waals surface area (Å²) in [4.78, 5) is 29.3. The molecule has 1 saturated heterocycles. The van der Waals surface area contributed by atoms with Crippen LogP contribution < -0.4 is 20.7 Å². The molecule has 0 radical (unpaired) electrons. The highest BCUT2D eigenvalue weighted by Crippen LogP contribution is 2.51. The Balaban J connectivity index is 1.21. The van der Waals surface area contributed by atoms with Crippen molar-refractivity contribution in [3.8, 4) is 5.75 Å². The maximum atomic E-state index is 14.2. The van der Waals surface area contributed by atoms with Crippen molar-refractivity contribution in [2.45, 2.75) is 50.2 Å². The van der Waals surface area contributed by atoms with E-state index in [1.54, 1.807) is 7.11 Å². The highest BCUT2D eigenvalue weighted by atomic mass is 16.5. The molecule has 0 unspecified atom stereocenters. The standard InChI is InChI=1S/C32H36N4O3/c1-39-23-17-15-22(16-18-23)33-32(38)35-28-14-8-6-12-25(28)31(37)36-20-19-26-29(21-9-3-2-4-10-21)34-27-13-7-5-11-24(27)30(26)36/h2-5,7,9-11,13,15-18,25-26,28-30,34H,6,8,12,14,19-20H2,1H3,(H2,33,35,38)/t25-,26-,28+,29-,30-/m0/s1. The molecule has 5 atom stereocenters. The number of carbonyl (C=O) groups is 2. The molecule has 0 spiro atoms. The lowest BCUT2D eigenvalue weighted by Crippen LogP contribution is -2.51. The minimum atomic E-state index is -0.277. The number of benzene rings is 3. The predicted molar refractivity (Wildman–Crippen MR) is 153 cm³/mol. The van der Waals surface area contributed by atoms with Crippen molar-refractivity contribution in [2.24, 2.45) is 11.8 Å². The number of anilines is 2. The Labute approximate surface area is 229 Å². The number of amides is 3. The van der Waals surface area contributed by atoms with Crippen molar-refractivity contribution >= 4 is 23.3 Å². The van der Waals surface area contributed by atoms with Crippen molar-refractivity contribution < 1.29 is 14.3 Å². The van der Waals surface area contributed by atoms with Crippen molar-refractivity contribution in [3.63, 3.8) is 0 Å². The van der Waals surface area contributed by atoms with Crippen molar-refractivity contribution in [2.75, 3.05) is 24.3 Å². The van der Waals surface area contributed by atoms with Gasteiger partial charge in [-0.3, -0.25) is 4.79 Å². The molecule has 1 saturated carbocycles. The lowest BCUT2D eigenvalue weighted by Gasteiger charge is -2.42. The van der Waals surface area contributed by atoms with Gasteiger partial charge in [0, 0.05) is 29.9 Å². The highest BCUT2D eigenvalue weighted by molar-refractivity contribution is 5.90. The largest absolute Gasteiger partial charge is 0.497 e. The van der Waals surface area contributed by atoms with Crippen LogP contribution in [0.25, 0.3) is 0 Å². The van der Waals surface area contributed by atoms with Crippen molar-refractivity contribution in [1.82, 2.24) is 10.2 Å². The lowest BCUT2D eigenvalue weighted by molar-refractivity contribution is -0.138. The first-order valence-electron chi connectivity index (χ1n) is 14.0. The summed E-state index contributed by atoms with van der Waals surface area (Å²) in [7, 11) is 1.61. The predicted octanol–water partition coefficient (Wildman–Crippen LogP) is 6.13. The lowest BCUT2D eigenvalue weighted by atomic mass is 9.79. The Morgan fingerprint density at radius 1 is 0.897 bits per heavy atom. The molecule has 1 aliphatic carbocycles. The van der Waals surface area contributed by atoms with Crippen LogP contribution in [0.15, 0.2) is 78.9 Å². The van der Waals surface area contributed by atoms with Crippen molar-refractivity contribution in [1.29, 1.82) is 0 Å². The maximum Gasteiger partial charge on any atom is 0.319 e. The first-order chi connectivity index (χ1) is 19.1. The summed E-state index contributed by atoms with van der Waals surface area (Å²) in [6, 6.07) is 25.9. The second-order valence-corrected chi connectivity index (χ2v) is 10.9. The molecule has 6 rings (SSSR count). The number of rotatable bonds is 5. The normalized spacial score (nSPS) is 25.6. The molecule has 0 aromatic heterocycles. The molecule has 3 aromatic rings. The summed E-state index contributed by atoms with van der Waals surface area (Å²) in [5.74, 6) is 0.966. The van der Waals surface area contributed by atoms with Crippen LogP contribution in [0.2, 0.25) is 0 Å². The summed E-state index contributed by atoms with van der Waals surface area (Å²) in [5.41, 5.74) is 4.24. The average molecular weight is 525 g/mol. The number of para-hydroxylation sites is 1. The van der Waals surface area contributed by atoms with Crippen LogP contribution in [0.5, 0.6) is 5.75 Å². The molecule has 3 aliphatic rings. The smallest absolute Gasteiger partial charge is 0.319 e. The topological polar surface area (TPSA) is 82.7 Å². The summed E-state index contributed by atoms with van der Waals surface area (Å²) < 4.78 is 5.20. The number of hydrogen-bond donors (Lipinski definition) is 3. The van der Waals surface area contributed by atoms with Gasteiger partial charge >= 0.3 is 6.03 Å². The van der Waals surface area contributed by atoms with E-state index in [1.807, 2.05) is 30.3 Å². The number of fused-ring (bicyclic) bond motifs is 3. The Bertz CT molecular complexity index is 1310. The van der Waals surface area contributed by atoms with Gasteiger partial charge in [0.25, 0.3) is 0 Å². The van der Waals surface area contributed by atoms with Crippen LogP contribution in [-0.4, -0.2) is 36.5 Å². The van der Waals surface area contributed by atoms with E-state index < -0.39 is 0 Å². The number of methoxy groups -OCH3 is 1. The molecule has 0 bridgehead atoms. The molecule has 2 fully saturated rings. The quantitative estimate of drug-likeness (QED) is 0.375. The van der Waals surface area contributed by atoms with E-state index in [0.717, 1.165) is 50.1 Å². The molecule has 7 heteroatoms. The number of hydrogen-bond acceptors (Lipinski definition) is 4. The molecule has 7 nitrogen and oxygen atoms in total. The van der Waals surface area contributed by atoms with Crippen LogP contribution >= 0.6 is 0 Å². The summed E-state index contributed by atoms with van der Waals surface area (Å²) in [5, 5.41) is 9.83. The van der Waals surface area contributed by atoms with Gasteiger partial charge in [0.2, 0.25) is 5.91 Å². The molecule has 3 amide bonds. The van der Waals surface area contributed by atoms with E-state index in [0.29, 0.717) is 11.6 Å². The monoisotopic (exact) mass is 524 g/mol. The van der Waals surface area contributed by atoms with E-state index in [1.165, 1.54) is 11.1 Å². The van der Waals surface area contributed by atoms with Gasteiger partial charge in [-0.15, -0.1) is 0 Å². The van der Waals surface area contributed by atoms with Crippen LogP contribution in [0, 0.1) is 11.8 Å². The van der Waals surface area contributed by atoms with Gasteiger partial charge < -0.3 is 25.6 Å². The molecule has 2 aliphatic heterocycles. The number of likely N-dealkylation sites (tertiary alicyclic amines) is 1. The van der Waals surface area contributed by atoms with Crippen LogP contribution in [0.4, 0.5) is 16.2 Å². The Hall–Kier alpha value is -4.00. The summed E-state index contributed by atoms with van der Waals surface area (Å²) >= 11 is 0. The van der Waals surface area contributed by atoms with Gasteiger partial charge in [-0.1, -0.05) is 61.4 Å². The van der Waals surface area contributed by atoms with E-state index in [2.05, 4.69) is 69.4 Å². The highest BCUT2D eigenvalue weighted by Gasteiger charge is 2.48. The SMILES string of the molecule is COc1ccc(NC(=O)N[C@@H]2CCCC[C@@H]2C(=O)N2CC[C@H]3[C@H](c4ccccc4)Nc4ccccc4[C@@H]32)cc1. The fraction of sp³-hybridized carbons (Fsp3) is 0.375. The zero-order valence-electron chi connectivity index (χ0n) is 22.3. The first-order valence-corrected chi connectivity index (χ1v) is 14.0. The third-order valence-electron chi connectivity index (χ3n) is 8.65. The van der Waals surface area contributed by atoms with Gasteiger partial charge in [-0.05, 0) is 60.7 Å². The molecule has 39 heavy (non-hydrogen) atoms. The zero-order chi connectivity index (χ0) is 26.8. The molecule has 3 aromatic carbocycles. The van der Waals surface area contributed by atoms with Crippen LogP contribution in [0.1, 0.15) is 55.3 Å². The van der Waals surface area contributed by atoms with E-state index >= 15 is 0 Å². The Morgan fingerprint density at radius 2 is 1.64 bits per heavy atom. The van der Waals surface area contributed by atoms with E-state index in [9.17, 15) is 9.59 Å². The van der Waals surface area contributed by atoms with E-state index in [4.69, 9.17) is 4.74 Å². The number of urea groups is 1. The molecule has 2 heterocycles. The second-order valence-electron chi connectivity index (χ2n) is 10.9. The molecule has 3 N–H and O–H groups in total. The van der Waals surface area contributed by atoms with Gasteiger partial charge in [0.05, 0.1) is 25.1 Å². The summed E-state index contributed by atoms with van der Waals surface area (Å²) in [6.45, 7) is 0.731. The van der Waals surface area contributed by atoms with E-state index in [-0.39, 0.29) is 36.0 Å². The molecule has 202 valence electrons. The molecular weight excluding hydrogens is 488 g/mol. The van der Waals surface area contributed by atoms with Gasteiger partial charge in [0.1, 0.15) is 5.75 Å². The minimum absolute atomic E-state index is 0.0239. The summed E-state index contributed by atoms with van der Waals surface area (Å²) in [6.07, 6.45) is 4.55. The maximum absolute atomic E-state index is 14.2. The van der Waals surface area contributed by atoms with Gasteiger partial charge in [-0.25, -0.2) is 4.79 Å². The van der Waals surface area contributed by atoms with Crippen LogP contribution in [0.3, 0.4) is 0 Å². The third kappa shape index (κ3) is 5.05. The second kappa shape index (κ2) is 11.0. The fourth-order valence-corrected chi connectivity index (χ4v) is 6.78. The van der Waals surface area contributed by atoms with Gasteiger partial charge in [-0.2, -0.15) is 0 Å². The zero-order valence-corrected chi connectivity index (χ0v) is 22.3. The first kappa shape index (κ1) is 25.3. The van der Waals surface area contributed by atoms with Crippen molar-refractivity contribution in [3.05, 3.63) is 90.0 Å². The fourth-order valence-electron chi connectivity index (χ4n) is 6.78. The average Bonchev–Trinajstić information content (AvgIpc) is 3.43. The Morgan fingerprint density at radius 3 is 2.44 bits per heavy atom. The third-order valence-corrected chi connectivity index (χ3v) is 8.65. The minimum Gasteiger partial charge on any atom is -0.497 e. The Kier molecular flexibility index (Phi) is 7.14. The number of ether oxygens (including phenoxy) is 1. The molecular formula is C32H36N4O3. The number of carbonyl (C=O) groups excluding carboxylic acids is 2. The van der Waals surface area contributed by atoms with Gasteiger partial charge in [0.15, 0.2) is 0 Å². The number of nitrogens with one attached hydrogen (secondary N) is 3. The number of nitrogens with zero attached hydrogens (tertiary/aromatic N) is 1. The van der Waals surface area contributed by atoms with Crippen LogP contribution in [-0.2, 0) is 4.79 Å².